The van der Waals surface area contributed by atoms with Crippen LogP contribution in [-0.4, -0.2) is 27.2 Å². The molecular formula is C22H25ClN2O4S. The van der Waals surface area contributed by atoms with Crippen LogP contribution in [0.4, 0.5) is 5.82 Å². The molecule has 0 aliphatic heterocycles. The maximum atomic E-state index is 13.2. The lowest BCUT2D eigenvalue weighted by molar-refractivity contribution is 0.354. The van der Waals surface area contributed by atoms with Crippen LogP contribution in [-0.2, 0) is 22.8 Å². The average molecular weight is 449 g/mol. The second-order valence-electron chi connectivity index (χ2n) is 6.97. The molecule has 2 aromatic carbocycles. The number of benzene rings is 2. The first kappa shape index (κ1) is 22.1. The van der Waals surface area contributed by atoms with Crippen molar-refractivity contribution in [3.8, 4) is 11.5 Å². The molecule has 0 amide bonds. The van der Waals surface area contributed by atoms with E-state index >= 15 is 0 Å². The van der Waals surface area contributed by atoms with Crippen molar-refractivity contribution in [3.05, 3.63) is 64.3 Å². The minimum Gasteiger partial charge on any atom is -0.493 e. The number of ether oxygens (including phenoxy) is 2. The number of methoxy groups -OCH3 is 2. The van der Waals surface area contributed by atoms with Crippen molar-refractivity contribution < 1.29 is 17.9 Å². The Balaban J connectivity index is 1.94. The molecule has 0 saturated heterocycles. The largest absolute Gasteiger partial charge is 0.493 e. The van der Waals surface area contributed by atoms with E-state index in [-0.39, 0.29) is 15.6 Å². The molecule has 0 bridgehead atoms. The molecule has 160 valence electrons. The van der Waals surface area contributed by atoms with Crippen LogP contribution in [0.15, 0.2) is 52.3 Å². The summed E-state index contributed by atoms with van der Waals surface area (Å²) in [6.07, 6.45) is 0.653. The van der Waals surface area contributed by atoms with E-state index in [1.54, 1.807) is 33.3 Å². The van der Waals surface area contributed by atoms with Crippen molar-refractivity contribution in [2.75, 3.05) is 20.0 Å². The zero-order valence-corrected chi connectivity index (χ0v) is 19.0. The van der Waals surface area contributed by atoms with E-state index in [0.717, 1.165) is 11.3 Å². The van der Waals surface area contributed by atoms with Gasteiger partial charge in [-0.1, -0.05) is 17.7 Å². The minimum absolute atomic E-state index is 0.148. The molecule has 2 N–H and O–H groups in total. The molecule has 0 aliphatic rings. The number of sulfone groups is 1. The first-order valence-electron chi connectivity index (χ1n) is 9.37. The van der Waals surface area contributed by atoms with Gasteiger partial charge in [0.1, 0.15) is 10.7 Å². The molecule has 0 spiro atoms. The second-order valence-corrected chi connectivity index (χ2v) is 9.30. The second kappa shape index (κ2) is 8.62. The van der Waals surface area contributed by atoms with Crippen molar-refractivity contribution in [3.63, 3.8) is 0 Å². The highest BCUT2D eigenvalue weighted by molar-refractivity contribution is 7.91. The standard InChI is InChI=1S/C22H25ClN2O4S/c1-14-15(2)25(12-11-16-5-10-19(28-3)20(13-16)29-4)22(24)21(14)30(26,27)18-8-6-17(23)7-9-18/h5-10,13H,11-12,24H2,1-4H3. The molecule has 3 aromatic rings. The van der Waals surface area contributed by atoms with Gasteiger partial charge in [0, 0.05) is 17.3 Å². The molecule has 0 aliphatic carbocycles. The first-order chi connectivity index (χ1) is 14.2. The van der Waals surface area contributed by atoms with E-state index in [1.165, 1.54) is 12.1 Å². The van der Waals surface area contributed by atoms with Gasteiger partial charge in [-0.15, -0.1) is 0 Å². The first-order valence-corrected chi connectivity index (χ1v) is 11.2. The number of rotatable bonds is 7. The molecule has 0 atom stereocenters. The van der Waals surface area contributed by atoms with E-state index < -0.39 is 9.84 Å². The topological polar surface area (TPSA) is 83.5 Å². The number of nitrogens with zero attached hydrogens (tertiary/aromatic N) is 1. The number of anilines is 1. The molecule has 0 fully saturated rings. The molecule has 6 nitrogen and oxygen atoms in total. The lowest BCUT2D eigenvalue weighted by Crippen LogP contribution is -2.10. The number of nitrogens with two attached hydrogens (primary N) is 1. The SMILES string of the molecule is COc1ccc(CCn2c(C)c(C)c(S(=O)(=O)c3ccc(Cl)cc3)c2N)cc1OC. The van der Waals surface area contributed by atoms with E-state index in [1.807, 2.05) is 29.7 Å². The molecule has 0 saturated carbocycles. The highest BCUT2D eigenvalue weighted by atomic mass is 35.5. The van der Waals surface area contributed by atoms with Crippen LogP contribution in [0.2, 0.25) is 5.02 Å². The van der Waals surface area contributed by atoms with E-state index in [9.17, 15) is 8.42 Å². The zero-order valence-electron chi connectivity index (χ0n) is 17.4. The number of hydrogen-bond acceptors (Lipinski definition) is 5. The van der Waals surface area contributed by atoms with E-state index in [0.29, 0.717) is 35.1 Å². The molecule has 1 aromatic heterocycles. The van der Waals surface area contributed by atoms with Crippen molar-refractivity contribution in [1.29, 1.82) is 0 Å². The molecular weight excluding hydrogens is 424 g/mol. The Morgan fingerprint density at radius 1 is 1.00 bits per heavy atom. The van der Waals surface area contributed by atoms with Crippen LogP contribution in [0.1, 0.15) is 16.8 Å². The molecule has 30 heavy (non-hydrogen) atoms. The maximum Gasteiger partial charge on any atom is 0.210 e. The Hall–Kier alpha value is -2.64. The Morgan fingerprint density at radius 2 is 1.63 bits per heavy atom. The van der Waals surface area contributed by atoms with Crippen LogP contribution in [0.25, 0.3) is 0 Å². The Kier molecular flexibility index (Phi) is 6.33. The van der Waals surface area contributed by atoms with Gasteiger partial charge in [-0.3, -0.25) is 0 Å². The van der Waals surface area contributed by atoms with Gasteiger partial charge in [0.2, 0.25) is 9.84 Å². The van der Waals surface area contributed by atoms with Crippen molar-refractivity contribution >= 4 is 27.3 Å². The summed E-state index contributed by atoms with van der Waals surface area (Å²) in [6.45, 7) is 4.19. The smallest absolute Gasteiger partial charge is 0.210 e. The molecule has 8 heteroatoms. The molecule has 0 unspecified atom stereocenters. The highest BCUT2D eigenvalue weighted by Crippen LogP contribution is 2.34. The lowest BCUT2D eigenvalue weighted by atomic mass is 10.1. The van der Waals surface area contributed by atoms with Crippen LogP contribution in [0, 0.1) is 13.8 Å². The fourth-order valence-corrected chi connectivity index (χ4v) is 5.29. The van der Waals surface area contributed by atoms with Gasteiger partial charge >= 0.3 is 0 Å². The lowest BCUT2D eigenvalue weighted by Gasteiger charge is -2.12. The summed E-state index contributed by atoms with van der Waals surface area (Å²) in [7, 11) is -0.582. The van der Waals surface area contributed by atoms with Gasteiger partial charge in [-0.25, -0.2) is 8.42 Å². The van der Waals surface area contributed by atoms with E-state index in [2.05, 4.69) is 0 Å². The monoisotopic (exact) mass is 448 g/mol. The Labute approximate surface area is 182 Å². The predicted molar refractivity (Wildman–Crippen MR) is 118 cm³/mol. The Morgan fingerprint density at radius 3 is 2.23 bits per heavy atom. The molecule has 3 rings (SSSR count). The number of aromatic nitrogens is 1. The van der Waals surface area contributed by atoms with Crippen molar-refractivity contribution in [1.82, 2.24) is 4.57 Å². The number of halogens is 1. The van der Waals surface area contributed by atoms with Crippen LogP contribution >= 0.6 is 11.6 Å². The highest BCUT2D eigenvalue weighted by Gasteiger charge is 2.28. The number of aryl methyl sites for hydroxylation is 1. The van der Waals surface area contributed by atoms with Gasteiger partial charge in [0.25, 0.3) is 0 Å². The summed E-state index contributed by atoms with van der Waals surface area (Å²) < 4.78 is 38.9. The summed E-state index contributed by atoms with van der Waals surface area (Å²) in [5.41, 5.74) is 8.83. The summed E-state index contributed by atoms with van der Waals surface area (Å²) in [5, 5.41) is 0.474. The molecule has 1 heterocycles. The predicted octanol–water partition coefficient (Wildman–Crippen LogP) is 4.43. The quantitative estimate of drug-likeness (QED) is 0.577. The zero-order chi connectivity index (χ0) is 22.1. The van der Waals surface area contributed by atoms with Crippen molar-refractivity contribution in [2.45, 2.75) is 36.6 Å². The van der Waals surface area contributed by atoms with Gasteiger partial charge in [-0.2, -0.15) is 0 Å². The summed E-state index contributed by atoms with van der Waals surface area (Å²) >= 11 is 5.90. The fraction of sp³-hybridized carbons (Fsp3) is 0.273. The third-order valence-corrected chi connectivity index (χ3v) is 7.47. The van der Waals surface area contributed by atoms with Crippen molar-refractivity contribution in [2.24, 2.45) is 0 Å². The summed E-state index contributed by atoms with van der Waals surface area (Å²) in [6, 6.07) is 11.8. The van der Waals surface area contributed by atoms with Crippen LogP contribution in [0.3, 0.4) is 0 Å². The normalized spacial score (nSPS) is 11.5. The van der Waals surface area contributed by atoms with E-state index in [4.69, 9.17) is 26.8 Å². The third kappa shape index (κ3) is 4.00. The number of hydrogen-bond donors (Lipinski definition) is 1. The van der Waals surface area contributed by atoms with Gasteiger partial charge in [0.15, 0.2) is 11.5 Å². The summed E-state index contributed by atoms with van der Waals surface area (Å²) in [4.78, 5) is 0.313. The maximum absolute atomic E-state index is 13.2. The van der Waals surface area contributed by atoms with Gasteiger partial charge in [-0.05, 0) is 67.8 Å². The minimum atomic E-state index is -3.76. The van der Waals surface area contributed by atoms with Gasteiger partial charge in [0.05, 0.1) is 19.1 Å². The van der Waals surface area contributed by atoms with Crippen LogP contribution < -0.4 is 15.2 Å². The average Bonchev–Trinajstić information content (AvgIpc) is 2.95. The fourth-order valence-electron chi connectivity index (χ4n) is 3.50. The number of nitrogen functional groups attached to an aromatic ring is 1. The summed E-state index contributed by atoms with van der Waals surface area (Å²) in [5.74, 6) is 1.54. The van der Waals surface area contributed by atoms with Crippen LogP contribution in [0.5, 0.6) is 11.5 Å². The third-order valence-electron chi connectivity index (χ3n) is 5.28. The Bertz CT molecular complexity index is 1170. The molecule has 0 radical (unpaired) electrons. The van der Waals surface area contributed by atoms with Gasteiger partial charge < -0.3 is 19.8 Å².